The molecule has 0 atom stereocenters. The number of anilines is 1. The van der Waals surface area contributed by atoms with Gasteiger partial charge in [0.25, 0.3) is 0 Å². The standard InChI is InChI=1S/C22H33N3O3.2ClH/c26-19-8-12-24(13-9-19)16-22(27)23-17-4-6-20(7-5-17)28-21-10-14-25(15-11-21)18-2-1-3-18;;/h4-7,18-19,21,26H,1-3,8-16H2,(H,23,27);2*1H. The van der Waals surface area contributed by atoms with Crippen molar-refractivity contribution >= 4 is 36.4 Å². The van der Waals surface area contributed by atoms with Gasteiger partial charge in [-0.25, -0.2) is 0 Å². The van der Waals surface area contributed by atoms with Crippen LogP contribution in [0.5, 0.6) is 5.75 Å². The Morgan fingerprint density at radius 1 is 0.967 bits per heavy atom. The summed E-state index contributed by atoms with van der Waals surface area (Å²) in [6.45, 7) is 4.24. The number of hydrogen-bond donors (Lipinski definition) is 2. The smallest absolute Gasteiger partial charge is 0.238 e. The highest BCUT2D eigenvalue weighted by Crippen LogP contribution is 2.28. The maximum absolute atomic E-state index is 12.2. The topological polar surface area (TPSA) is 65.0 Å². The van der Waals surface area contributed by atoms with Crippen LogP contribution in [0.15, 0.2) is 24.3 Å². The Kier molecular flexibility index (Phi) is 10.2. The van der Waals surface area contributed by atoms with Crippen LogP contribution in [-0.2, 0) is 4.79 Å². The number of rotatable bonds is 6. The molecule has 0 spiro atoms. The molecule has 0 radical (unpaired) electrons. The molecule has 3 fully saturated rings. The van der Waals surface area contributed by atoms with Crippen LogP contribution in [0.2, 0.25) is 0 Å². The third-order valence-corrected chi connectivity index (χ3v) is 6.43. The Balaban J connectivity index is 0.00000160. The molecule has 30 heavy (non-hydrogen) atoms. The quantitative estimate of drug-likeness (QED) is 0.682. The van der Waals surface area contributed by atoms with E-state index in [1.807, 2.05) is 24.3 Å². The average molecular weight is 460 g/mol. The van der Waals surface area contributed by atoms with Crippen molar-refractivity contribution in [2.75, 3.05) is 38.0 Å². The van der Waals surface area contributed by atoms with Gasteiger partial charge in [-0.15, -0.1) is 24.8 Å². The zero-order valence-electron chi connectivity index (χ0n) is 17.5. The SMILES string of the molecule is Cl.Cl.O=C(CN1CCC(O)CC1)Nc1ccc(OC2CCN(C3CCC3)CC2)cc1. The van der Waals surface area contributed by atoms with E-state index in [9.17, 15) is 9.90 Å². The second-order valence-corrected chi connectivity index (χ2v) is 8.52. The Morgan fingerprint density at radius 2 is 1.60 bits per heavy atom. The molecule has 1 saturated carbocycles. The lowest BCUT2D eigenvalue weighted by molar-refractivity contribution is -0.117. The van der Waals surface area contributed by atoms with Crippen LogP contribution in [0, 0.1) is 0 Å². The third kappa shape index (κ3) is 6.99. The first kappa shape index (κ1) is 25.2. The minimum absolute atomic E-state index is 0. The number of ether oxygens (including phenoxy) is 1. The first-order valence-corrected chi connectivity index (χ1v) is 10.9. The zero-order valence-corrected chi connectivity index (χ0v) is 19.1. The summed E-state index contributed by atoms with van der Waals surface area (Å²) in [7, 11) is 0. The zero-order chi connectivity index (χ0) is 19.3. The summed E-state index contributed by atoms with van der Waals surface area (Å²) >= 11 is 0. The molecule has 1 aliphatic carbocycles. The Hall–Kier alpha value is -1.05. The van der Waals surface area contributed by atoms with Crippen molar-refractivity contribution in [2.24, 2.45) is 0 Å². The van der Waals surface area contributed by atoms with Gasteiger partial charge < -0.3 is 20.1 Å². The normalized spacial score (nSPS) is 21.8. The average Bonchev–Trinajstić information content (AvgIpc) is 2.65. The summed E-state index contributed by atoms with van der Waals surface area (Å²) in [5, 5.41) is 12.5. The molecule has 2 heterocycles. The molecule has 2 aliphatic heterocycles. The number of benzene rings is 1. The fourth-order valence-electron chi connectivity index (χ4n) is 4.40. The maximum Gasteiger partial charge on any atom is 0.238 e. The van der Waals surface area contributed by atoms with E-state index in [0.717, 1.165) is 69.3 Å². The molecule has 2 N–H and O–H groups in total. The molecule has 1 amide bonds. The van der Waals surface area contributed by atoms with Gasteiger partial charge in [0.1, 0.15) is 11.9 Å². The highest BCUT2D eigenvalue weighted by molar-refractivity contribution is 5.92. The molecule has 1 aromatic carbocycles. The highest BCUT2D eigenvalue weighted by Gasteiger charge is 2.29. The molecule has 0 unspecified atom stereocenters. The summed E-state index contributed by atoms with van der Waals surface area (Å²) in [5.74, 6) is 0.874. The largest absolute Gasteiger partial charge is 0.490 e. The lowest BCUT2D eigenvalue weighted by Gasteiger charge is -2.41. The van der Waals surface area contributed by atoms with Gasteiger partial charge in [-0.05, 0) is 62.8 Å². The van der Waals surface area contributed by atoms with E-state index in [1.54, 1.807) is 0 Å². The lowest BCUT2D eigenvalue weighted by Crippen LogP contribution is -2.46. The van der Waals surface area contributed by atoms with Crippen LogP contribution in [-0.4, -0.2) is 71.8 Å². The van der Waals surface area contributed by atoms with Gasteiger partial charge >= 0.3 is 0 Å². The number of nitrogens with one attached hydrogen (secondary N) is 1. The molecular formula is C22H35Cl2N3O3. The van der Waals surface area contributed by atoms with E-state index in [0.29, 0.717) is 12.6 Å². The summed E-state index contributed by atoms with van der Waals surface area (Å²) < 4.78 is 6.16. The number of halogens is 2. The molecule has 1 aromatic rings. The number of piperidine rings is 2. The van der Waals surface area contributed by atoms with E-state index < -0.39 is 0 Å². The summed E-state index contributed by atoms with van der Waals surface area (Å²) in [5.41, 5.74) is 0.800. The van der Waals surface area contributed by atoms with Crippen molar-refractivity contribution in [2.45, 2.75) is 63.2 Å². The summed E-state index contributed by atoms with van der Waals surface area (Å²) in [6, 6.07) is 8.56. The molecule has 3 aliphatic rings. The fourth-order valence-corrected chi connectivity index (χ4v) is 4.40. The first-order valence-electron chi connectivity index (χ1n) is 10.9. The number of carbonyl (C=O) groups is 1. The minimum atomic E-state index is -0.211. The molecule has 2 saturated heterocycles. The van der Waals surface area contributed by atoms with Gasteiger partial charge in [0.15, 0.2) is 0 Å². The molecular weight excluding hydrogens is 425 g/mol. The Labute approximate surface area is 192 Å². The number of hydrogen-bond acceptors (Lipinski definition) is 5. The number of aliphatic hydroxyl groups excluding tert-OH is 1. The number of aliphatic hydroxyl groups is 1. The lowest BCUT2D eigenvalue weighted by atomic mass is 9.90. The van der Waals surface area contributed by atoms with Crippen molar-refractivity contribution in [1.82, 2.24) is 9.80 Å². The van der Waals surface area contributed by atoms with E-state index >= 15 is 0 Å². The summed E-state index contributed by atoms with van der Waals surface area (Å²) in [4.78, 5) is 17.0. The Bertz CT molecular complexity index is 642. The summed E-state index contributed by atoms with van der Waals surface area (Å²) in [6.07, 6.45) is 7.92. The highest BCUT2D eigenvalue weighted by atomic mass is 35.5. The number of carbonyl (C=O) groups excluding carboxylic acids is 1. The van der Waals surface area contributed by atoms with Crippen LogP contribution in [0.25, 0.3) is 0 Å². The van der Waals surface area contributed by atoms with E-state index in [2.05, 4.69) is 15.1 Å². The molecule has 0 bridgehead atoms. The predicted molar refractivity (Wildman–Crippen MR) is 124 cm³/mol. The van der Waals surface area contributed by atoms with Crippen molar-refractivity contribution in [1.29, 1.82) is 0 Å². The number of nitrogens with zero attached hydrogens (tertiary/aromatic N) is 2. The second kappa shape index (κ2) is 12.1. The van der Waals surface area contributed by atoms with Crippen molar-refractivity contribution < 1.29 is 14.6 Å². The molecule has 170 valence electrons. The fraction of sp³-hybridized carbons (Fsp3) is 0.682. The molecule has 8 heteroatoms. The van der Waals surface area contributed by atoms with Crippen molar-refractivity contribution in [3.8, 4) is 5.75 Å². The van der Waals surface area contributed by atoms with Crippen LogP contribution in [0.4, 0.5) is 5.69 Å². The second-order valence-electron chi connectivity index (χ2n) is 8.52. The predicted octanol–water partition coefficient (Wildman–Crippen LogP) is 3.32. The molecule has 6 nitrogen and oxygen atoms in total. The van der Waals surface area contributed by atoms with E-state index in [1.165, 1.54) is 19.3 Å². The maximum atomic E-state index is 12.2. The van der Waals surface area contributed by atoms with E-state index in [-0.39, 0.29) is 36.8 Å². The Morgan fingerprint density at radius 3 is 2.17 bits per heavy atom. The van der Waals surface area contributed by atoms with Crippen molar-refractivity contribution in [3.05, 3.63) is 24.3 Å². The van der Waals surface area contributed by atoms with Crippen LogP contribution >= 0.6 is 24.8 Å². The number of likely N-dealkylation sites (tertiary alicyclic amines) is 2. The first-order chi connectivity index (χ1) is 13.7. The van der Waals surface area contributed by atoms with Gasteiger partial charge in [0.05, 0.1) is 12.6 Å². The van der Waals surface area contributed by atoms with Crippen molar-refractivity contribution in [3.63, 3.8) is 0 Å². The van der Waals surface area contributed by atoms with Crippen LogP contribution in [0.3, 0.4) is 0 Å². The van der Waals surface area contributed by atoms with Gasteiger partial charge in [-0.1, -0.05) is 6.42 Å². The van der Waals surface area contributed by atoms with Gasteiger partial charge in [-0.2, -0.15) is 0 Å². The van der Waals surface area contributed by atoms with Crippen LogP contribution < -0.4 is 10.1 Å². The monoisotopic (exact) mass is 459 g/mol. The van der Waals surface area contributed by atoms with Gasteiger partial charge in [0, 0.05) is 37.9 Å². The van der Waals surface area contributed by atoms with Crippen LogP contribution in [0.1, 0.15) is 44.9 Å². The van der Waals surface area contributed by atoms with Gasteiger partial charge in [0.2, 0.25) is 5.91 Å². The van der Waals surface area contributed by atoms with Gasteiger partial charge in [-0.3, -0.25) is 9.69 Å². The van der Waals surface area contributed by atoms with E-state index in [4.69, 9.17) is 4.74 Å². The third-order valence-electron chi connectivity index (χ3n) is 6.43. The molecule has 4 rings (SSSR count). The minimum Gasteiger partial charge on any atom is -0.490 e. The number of amides is 1. The molecule has 0 aromatic heterocycles.